The third-order valence-electron chi connectivity index (χ3n) is 3.90. The quantitative estimate of drug-likeness (QED) is 0.682. The van der Waals surface area contributed by atoms with Crippen LogP contribution in [0.25, 0.3) is 10.9 Å². The number of fused-ring (bicyclic) bond motifs is 1. The molecule has 5 heteroatoms. The van der Waals surface area contributed by atoms with Gasteiger partial charge in [0.15, 0.2) is 0 Å². The number of amides is 2. The predicted octanol–water partition coefficient (Wildman–Crippen LogP) is 4.00. The molecule has 122 valence electrons. The van der Waals surface area contributed by atoms with Crippen LogP contribution in [0, 0.1) is 13.8 Å². The molecule has 0 aliphatic rings. The first-order chi connectivity index (χ1) is 11.4. The summed E-state index contributed by atoms with van der Waals surface area (Å²) in [7, 11) is 0. The van der Waals surface area contributed by atoms with E-state index in [2.05, 4.69) is 21.7 Å². The van der Waals surface area contributed by atoms with E-state index in [1.807, 2.05) is 26.0 Å². The number of hydrogen-bond donors (Lipinski definition) is 3. The smallest absolute Gasteiger partial charge is 0.272 e. The first kappa shape index (κ1) is 15.8. The van der Waals surface area contributed by atoms with Crippen molar-refractivity contribution in [2.75, 3.05) is 10.6 Å². The zero-order chi connectivity index (χ0) is 17.3. The summed E-state index contributed by atoms with van der Waals surface area (Å²) in [6, 6.07) is 13.1. The molecule has 1 heterocycles. The zero-order valence-electron chi connectivity index (χ0n) is 13.9. The van der Waals surface area contributed by atoms with E-state index in [1.165, 1.54) is 6.92 Å². The van der Waals surface area contributed by atoms with Crippen molar-refractivity contribution in [3.63, 3.8) is 0 Å². The topological polar surface area (TPSA) is 74.0 Å². The number of H-pyrrole nitrogens is 1. The van der Waals surface area contributed by atoms with Crippen molar-refractivity contribution >= 4 is 34.1 Å². The number of aryl methyl sites for hydroxylation is 2. The van der Waals surface area contributed by atoms with Gasteiger partial charge in [-0.1, -0.05) is 11.6 Å². The molecule has 3 N–H and O–H groups in total. The number of anilines is 2. The number of carbonyl (C=O) groups is 2. The molecule has 0 saturated carbocycles. The average Bonchev–Trinajstić information content (AvgIpc) is 2.86. The van der Waals surface area contributed by atoms with E-state index in [9.17, 15) is 9.59 Å². The van der Waals surface area contributed by atoms with E-state index in [1.54, 1.807) is 24.3 Å². The molecular formula is C19H19N3O2. The Hall–Kier alpha value is -3.08. The normalized spacial score (nSPS) is 10.6. The molecule has 0 unspecified atom stereocenters. The molecule has 0 fully saturated rings. The van der Waals surface area contributed by atoms with Gasteiger partial charge in [-0.2, -0.15) is 0 Å². The Morgan fingerprint density at radius 2 is 1.54 bits per heavy atom. The van der Waals surface area contributed by atoms with Crippen LogP contribution in [0.5, 0.6) is 0 Å². The highest BCUT2D eigenvalue weighted by atomic mass is 16.2. The minimum Gasteiger partial charge on any atom is -0.350 e. The maximum Gasteiger partial charge on any atom is 0.272 e. The van der Waals surface area contributed by atoms with Crippen molar-refractivity contribution in [1.82, 2.24) is 4.98 Å². The van der Waals surface area contributed by atoms with E-state index in [0.29, 0.717) is 17.1 Å². The number of hydrogen-bond acceptors (Lipinski definition) is 2. The number of benzene rings is 2. The number of nitrogens with one attached hydrogen (secondary N) is 3. The van der Waals surface area contributed by atoms with Crippen LogP contribution in [0.2, 0.25) is 0 Å². The molecule has 0 bridgehead atoms. The monoisotopic (exact) mass is 321 g/mol. The summed E-state index contributed by atoms with van der Waals surface area (Å²) in [4.78, 5) is 26.7. The van der Waals surface area contributed by atoms with Crippen LogP contribution in [0.15, 0.2) is 42.5 Å². The molecule has 0 saturated heterocycles. The van der Waals surface area contributed by atoms with Crippen molar-refractivity contribution in [2.24, 2.45) is 0 Å². The Morgan fingerprint density at radius 3 is 2.17 bits per heavy atom. The van der Waals surface area contributed by atoms with Gasteiger partial charge in [0, 0.05) is 29.2 Å². The molecule has 2 aromatic carbocycles. The van der Waals surface area contributed by atoms with Crippen LogP contribution in [0.4, 0.5) is 11.4 Å². The van der Waals surface area contributed by atoms with Gasteiger partial charge in [-0.25, -0.2) is 0 Å². The predicted molar refractivity (Wildman–Crippen MR) is 96.5 cm³/mol. The molecule has 5 nitrogen and oxygen atoms in total. The van der Waals surface area contributed by atoms with Crippen LogP contribution in [0.3, 0.4) is 0 Å². The van der Waals surface area contributed by atoms with E-state index < -0.39 is 0 Å². The Kier molecular flexibility index (Phi) is 4.08. The van der Waals surface area contributed by atoms with Gasteiger partial charge in [-0.3, -0.25) is 9.59 Å². The van der Waals surface area contributed by atoms with Gasteiger partial charge in [0.2, 0.25) is 5.91 Å². The largest absolute Gasteiger partial charge is 0.350 e. The Balaban J connectivity index is 1.82. The molecule has 0 aliphatic heterocycles. The molecule has 3 rings (SSSR count). The summed E-state index contributed by atoms with van der Waals surface area (Å²) in [6.07, 6.45) is 0. The minimum atomic E-state index is -0.186. The van der Waals surface area contributed by atoms with Crippen LogP contribution in [-0.4, -0.2) is 16.8 Å². The summed E-state index contributed by atoms with van der Waals surface area (Å²) in [5.74, 6) is -0.315. The molecule has 1 aromatic heterocycles. The Labute approximate surface area is 140 Å². The lowest BCUT2D eigenvalue weighted by Gasteiger charge is -2.07. The van der Waals surface area contributed by atoms with Gasteiger partial charge < -0.3 is 15.6 Å². The number of rotatable bonds is 3. The van der Waals surface area contributed by atoms with Crippen LogP contribution >= 0.6 is 0 Å². The standard InChI is InChI=1S/C19H19N3O2/c1-11-4-9-17-16(10-11)12(2)18(22-17)19(24)21-15-7-5-14(6-8-15)20-13(3)23/h4-10,22H,1-3H3,(H,20,23)(H,21,24). The summed E-state index contributed by atoms with van der Waals surface area (Å²) in [6.45, 7) is 5.42. The highest BCUT2D eigenvalue weighted by Gasteiger charge is 2.15. The molecule has 3 aromatic rings. The van der Waals surface area contributed by atoms with E-state index in [0.717, 1.165) is 22.0 Å². The van der Waals surface area contributed by atoms with Crippen molar-refractivity contribution in [1.29, 1.82) is 0 Å². The van der Waals surface area contributed by atoms with E-state index in [4.69, 9.17) is 0 Å². The Bertz CT molecular complexity index is 924. The number of aromatic amines is 1. The van der Waals surface area contributed by atoms with E-state index >= 15 is 0 Å². The third-order valence-corrected chi connectivity index (χ3v) is 3.90. The third kappa shape index (κ3) is 3.15. The fourth-order valence-electron chi connectivity index (χ4n) is 2.70. The zero-order valence-corrected chi connectivity index (χ0v) is 13.9. The molecule has 0 atom stereocenters. The van der Waals surface area contributed by atoms with Crippen molar-refractivity contribution < 1.29 is 9.59 Å². The van der Waals surface area contributed by atoms with Gasteiger partial charge in [0.05, 0.1) is 0 Å². The molecule has 0 aliphatic carbocycles. The van der Waals surface area contributed by atoms with Crippen LogP contribution in [0.1, 0.15) is 28.5 Å². The maximum atomic E-state index is 12.5. The van der Waals surface area contributed by atoms with Gasteiger partial charge in [-0.05, 0) is 55.8 Å². The average molecular weight is 321 g/mol. The summed E-state index contributed by atoms with van der Waals surface area (Å²) >= 11 is 0. The number of aromatic nitrogens is 1. The van der Waals surface area contributed by atoms with Gasteiger partial charge >= 0.3 is 0 Å². The van der Waals surface area contributed by atoms with Gasteiger partial charge in [0.25, 0.3) is 5.91 Å². The second-order valence-corrected chi connectivity index (χ2v) is 5.89. The maximum absolute atomic E-state index is 12.5. The fourth-order valence-corrected chi connectivity index (χ4v) is 2.70. The molecule has 2 amide bonds. The van der Waals surface area contributed by atoms with Crippen molar-refractivity contribution in [2.45, 2.75) is 20.8 Å². The molecule has 0 radical (unpaired) electrons. The summed E-state index contributed by atoms with van der Waals surface area (Å²) in [5.41, 5.74) is 4.96. The van der Waals surface area contributed by atoms with Crippen molar-refractivity contribution in [3.8, 4) is 0 Å². The Morgan fingerprint density at radius 1 is 0.917 bits per heavy atom. The van der Waals surface area contributed by atoms with Gasteiger partial charge in [0.1, 0.15) is 5.69 Å². The van der Waals surface area contributed by atoms with Crippen molar-refractivity contribution in [3.05, 3.63) is 59.3 Å². The summed E-state index contributed by atoms with van der Waals surface area (Å²) < 4.78 is 0. The second kappa shape index (κ2) is 6.20. The summed E-state index contributed by atoms with van der Waals surface area (Å²) in [5, 5.41) is 6.62. The van der Waals surface area contributed by atoms with Crippen LogP contribution in [-0.2, 0) is 4.79 Å². The SMILES string of the molecule is CC(=O)Nc1ccc(NC(=O)c2[nH]c3ccc(C)cc3c2C)cc1. The lowest BCUT2D eigenvalue weighted by Crippen LogP contribution is -2.13. The first-order valence-electron chi connectivity index (χ1n) is 7.72. The molecular weight excluding hydrogens is 302 g/mol. The lowest BCUT2D eigenvalue weighted by molar-refractivity contribution is -0.114. The van der Waals surface area contributed by atoms with Gasteiger partial charge in [-0.15, -0.1) is 0 Å². The highest BCUT2D eigenvalue weighted by Crippen LogP contribution is 2.24. The first-order valence-corrected chi connectivity index (χ1v) is 7.72. The lowest BCUT2D eigenvalue weighted by atomic mass is 10.1. The van der Waals surface area contributed by atoms with Crippen LogP contribution < -0.4 is 10.6 Å². The molecule has 0 spiro atoms. The second-order valence-electron chi connectivity index (χ2n) is 5.89. The minimum absolute atomic E-state index is 0.129. The fraction of sp³-hybridized carbons (Fsp3) is 0.158. The highest BCUT2D eigenvalue weighted by molar-refractivity contribution is 6.08. The molecule has 24 heavy (non-hydrogen) atoms. The number of carbonyl (C=O) groups excluding carboxylic acids is 2. The van der Waals surface area contributed by atoms with E-state index in [-0.39, 0.29) is 11.8 Å².